The normalized spacial score (nSPS) is 15.1. The van der Waals surface area contributed by atoms with Crippen LogP contribution >= 0.6 is 11.6 Å². The number of imide groups is 1. The lowest BCUT2D eigenvalue weighted by Crippen LogP contribution is -2.55. The maximum atomic E-state index is 13.4. The number of rotatable bonds is 6. The van der Waals surface area contributed by atoms with Crippen molar-refractivity contribution in [1.82, 2.24) is 10.4 Å². The molecule has 1 aliphatic heterocycles. The Bertz CT molecular complexity index is 1260. The van der Waals surface area contributed by atoms with E-state index in [1.807, 2.05) is 19.1 Å². The first-order valence-electron chi connectivity index (χ1n) is 10.8. The number of anilines is 1. The van der Waals surface area contributed by atoms with E-state index >= 15 is 0 Å². The maximum absolute atomic E-state index is 13.4. The van der Waals surface area contributed by atoms with Gasteiger partial charge in [0.15, 0.2) is 6.61 Å². The van der Waals surface area contributed by atoms with Crippen LogP contribution in [0.15, 0.2) is 78.9 Å². The number of hydrazine groups is 1. The summed E-state index contributed by atoms with van der Waals surface area (Å²) in [5.74, 6) is -1.94. The fourth-order valence-corrected chi connectivity index (χ4v) is 3.82. The number of aryl methyl sites for hydroxylation is 1. The third-order valence-electron chi connectivity index (χ3n) is 5.36. The Morgan fingerprint density at radius 3 is 2.43 bits per heavy atom. The van der Waals surface area contributed by atoms with Gasteiger partial charge in [0.1, 0.15) is 11.8 Å². The molecule has 1 N–H and O–H groups in total. The molecule has 0 aromatic heterocycles. The first kappa shape index (κ1) is 24.0. The molecule has 1 saturated heterocycles. The van der Waals surface area contributed by atoms with Crippen LogP contribution in [0.4, 0.5) is 5.69 Å². The lowest BCUT2D eigenvalue weighted by Gasteiger charge is -2.28. The molecule has 0 radical (unpaired) electrons. The molecule has 0 bridgehead atoms. The van der Waals surface area contributed by atoms with Crippen molar-refractivity contribution >= 4 is 40.9 Å². The first-order chi connectivity index (χ1) is 16.8. The number of carbonyl (C=O) groups excluding carboxylic acids is 4. The molecule has 1 aliphatic rings. The molecular formula is C26H22ClN3O5. The molecule has 8 nitrogen and oxygen atoms in total. The van der Waals surface area contributed by atoms with E-state index in [-0.39, 0.29) is 12.0 Å². The van der Waals surface area contributed by atoms with E-state index < -0.39 is 36.3 Å². The molecule has 4 amide bonds. The molecule has 0 aliphatic carbocycles. The van der Waals surface area contributed by atoms with Gasteiger partial charge in [-0.1, -0.05) is 47.5 Å². The van der Waals surface area contributed by atoms with Crippen LogP contribution in [0.25, 0.3) is 0 Å². The van der Waals surface area contributed by atoms with Crippen molar-refractivity contribution in [2.75, 3.05) is 11.5 Å². The number of halogens is 1. The zero-order valence-corrected chi connectivity index (χ0v) is 19.6. The fourth-order valence-electron chi connectivity index (χ4n) is 3.70. The summed E-state index contributed by atoms with van der Waals surface area (Å²) >= 11 is 5.92. The van der Waals surface area contributed by atoms with E-state index in [9.17, 15) is 19.2 Å². The van der Waals surface area contributed by atoms with E-state index in [0.29, 0.717) is 16.5 Å². The van der Waals surface area contributed by atoms with Gasteiger partial charge in [-0.05, 0) is 55.5 Å². The molecule has 4 rings (SSSR count). The highest BCUT2D eigenvalue weighted by Gasteiger charge is 2.45. The molecule has 178 valence electrons. The number of nitrogens with one attached hydrogen (secondary N) is 1. The summed E-state index contributed by atoms with van der Waals surface area (Å²) in [4.78, 5) is 53.2. The number of carbonyl (C=O) groups is 4. The largest absolute Gasteiger partial charge is 0.484 e. The Morgan fingerprint density at radius 1 is 1.03 bits per heavy atom. The average Bonchev–Trinajstić information content (AvgIpc) is 3.15. The van der Waals surface area contributed by atoms with Crippen LogP contribution in [0.3, 0.4) is 0 Å². The Balaban J connectivity index is 1.59. The Kier molecular flexibility index (Phi) is 7.12. The second-order valence-electron chi connectivity index (χ2n) is 7.95. The van der Waals surface area contributed by atoms with E-state index in [1.165, 1.54) is 0 Å². The van der Waals surface area contributed by atoms with Gasteiger partial charge >= 0.3 is 0 Å². The SMILES string of the molecule is Cc1cccc(C(=O)N(NC(=O)COc2ccccc2)C2CC(=O)N(c3ccc(Cl)cc3)C2=O)c1. The number of para-hydroxylation sites is 1. The van der Waals surface area contributed by atoms with Gasteiger partial charge < -0.3 is 4.74 Å². The first-order valence-corrected chi connectivity index (χ1v) is 11.2. The maximum Gasteiger partial charge on any atom is 0.276 e. The van der Waals surface area contributed by atoms with Crippen molar-refractivity contribution < 1.29 is 23.9 Å². The third-order valence-corrected chi connectivity index (χ3v) is 5.61. The smallest absolute Gasteiger partial charge is 0.276 e. The van der Waals surface area contributed by atoms with Crippen LogP contribution in [0, 0.1) is 6.92 Å². The van der Waals surface area contributed by atoms with E-state index in [4.69, 9.17) is 16.3 Å². The van der Waals surface area contributed by atoms with Gasteiger partial charge in [-0.15, -0.1) is 0 Å². The van der Waals surface area contributed by atoms with E-state index in [0.717, 1.165) is 15.5 Å². The van der Waals surface area contributed by atoms with Crippen LogP contribution in [0.1, 0.15) is 22.3 Å². The predicted octanol–water partition coefficient (Wildman–Crippen LogP) is 3.53. The number of ether oxygens (including phenoxy) is 1. The molecule has 3 aromatic rings. The fraction of sp³-hybridized carbons (Fsp3) is 0.154. The number of amides is 4. The van der Waals surface area contributed by atoms with Gasteiger partial charge in [-0.25, -0.2) is 9.91 Å². The van der Waals surface area contributed by atoms with Gasteiger partial charge in [0.05, 0.1) is 12.1 Å². The molecule has 1 unspecified atom stereocenters. The summed E-state index contributed by atoms with van der Waals surface area (Å²) in [5.41, 5.74) is 3.89. The molecule has 1 fully saturated rings. The van der Waals surface area contributed by atoms with Crippen molar-refractivity contribution in [2.45, 2.75) is 19.4 Å². The molecule has 35 heavy (non-hydrogen) atoms. The van der Waals surface area contributed by atoms with Crippen molar-refractivity contribution in [1.29, 1.82) is 0 Å². The van der Waals surface area contributed by atoms with Crippen molar-refractivity contribution in [3.05, 3.63) is 95.0 Å². The highest BCUT2D eigenvalue weighted by molar-refractivity contribution is 6.31. The predicted molar refractivity (Wildman–Crippen MR) is 130 cm³/mol. The van der Waals surface area contributed by atoms with Crippen LogP contribution < -0.4 is 15.1 Å². The minimum atomic E-state index is -1.23. The van der Waals surface area contributed by atoms with Crippen LogP contribution in [0.2, 0.25) is 5.02 Å². The van der Waals surface area contributed by atoms with E-state index in [1.54, 1.807) is 66.7 Å². The summed E-state index contributed by atoms with van der Waals surface area (Å²) in [6, 6.07) is 20.4. The molecule has 1 atom stereocenters. The van der Waals surface area contributed by atoms with E-state index in [2.05, 4.69) is 5.43 Å². The lowest BCUT2D eigenvalue weighted by atomic mass is 10.1. The molecule has 0 saturated carbocycles. The number of nitrogens with zero attached hydrogens (tertiary/aromatic N) is 2. The van der Waals surface area contributed by atoms with Crippen molar-refractivity contribution in [3.63, 3.8) is 0 Å². The summed E-state index contributed by atoms with van der Waals surface area (Å²) in [6.07, 6.45) is -0.293. The summed E-state index contributed by atoms with van der Waals surface area (Å²) in [6.45, 7) is 1.43. The minimum absolute atomic E-state index is 0.263. The molecule has 1 heterocycles. The number of hydrogen-bond donors (Lipinski definition) is 1. The summed E-state index contributed by atoms with van der Waals surface area (Å²) < 4.78 is 5.46. The minimum Gasteiger partial charge on any atom is -0.484 e. The Hall–Kier alpha value is -4.17. The van der Waals surface area contributed by atoms with Gasteiger partial charge in [-0.2, -0.15) is 0 Å². The van der Waals surface area contributed by atoms with Gasteiger partial charge in [0.2, 0.25) is 5.91 Å². The van der Waals surface area contributed by atoms with Crippen molar-refractivity contribution in [3.8, 4) is 5.75 Å². The Morgan fingerprint density at radius 2 is 1.74 bits per heavy atom. The molecule has 3 aromatic carbocycles. The van der Waals surface area contributed by atoms with Crippen LogP contribution in [0.5, 0.6) is 5.75 Å². The number of hydrogen-bond acceptors (Lipinski definition) is 5. The second kappa shape index (κ2) is 10.4. The zero-order chi connectivity index (χ0) is 24.9. The summed E-state index contributed by atoms with van der Waals surface area (Å²) in [5, 5.41) is 1.37. The Labute approximate surface area is 207 Å². The monoisotopic (exact) mass is 491 g/mol. The molecule has 9 heteroatoms. The summed E-state index contributed by atoms with van der Waals surface area (Å²) in [7, 11) is 0. The third kappa shape index (κ3) is 5.50. The standard InChI is InChI=1S/C26H22ClN3O5/c1-17-6-5-7-18(14-17)25(33)30(28-23(31)16-35-21-8-3-2-4-9-21)22-15-24(32)29(26(22)34)20-12-10-19(27)11-13-20/h2-14,22H,15-16H2,1H3,(H,28,31). The van der Waals surface area contributed by atoms with Crippen LogP contribution in [-0.2, 0) is 14.4 Å². The quantitative estimate of drug-likeness (QED) is 0.420. The average molecular weight is 492 g/mol. The highest BCUT2D eigenvalue weighted by Crippen LogP contribution is 2.27. The molecule has 0 spiro atoms. The van der Waals surface area contributed by atoms with Gasteiger partial charge in [0, 0.05) is 10.6 Å². The zero-order valence-electron chi connectivity index (χ0n) is 18.8. The van der Waals surface area contributed by atoms with Gasteiger partial charge in [-0.3, -0.25) is 24.6 Å². The topological polar surface area (TPSA) is 96.0 Å². The van der Waals surface area contributed by atoms with Crippen molar-refractivity contribution in [2.24, 2.45) is 0 Å². The van der Waals surface area contributed by atoms with Crippen LogP contribution in [-0.4, -0.2) is 41.3 Å². The highest BCUT2D eigenvalue weighted by atomic mass is 35.5. The number of benzene rings is 3. The second-order valence-corrected chi connectivity index (χ2v) is 8.38. The van der Waals surface area contributed by atoms with Gasteiger partial charge in [0.25, 0.3) is 17.7 Å². The molecular weight excluding hydrogens is 470 g/mol. The lowest BCUT2D eigenvalue weighted by molar-refractivity contribution is -0.130.